The molecule has 0 saturated heterocycles. The quantitative estimate of drug-likeness (QED) is 0.228. The van der Waals surface area contributed by atoms with Gasteiger partial charge in [0.15, 0.2) is 0 Å². The van der Waals surface area contributed by atoms with Gasteiger partial charge in [-0.2, -0.15) is 105 Å². The van der Waals surface area contributed by atoms with Crippen molar-refractivity contribution < 1.29 is 110 Å². The van der Waals surface area contributed by atoms with E-state index in [1.165, 1.54) is 0 Å². The first-order valence-corrected chi connectivity index (χ1v) is 7.47. The highest BCUT2D eigenvalue weighted by molar-refractivity contribution is 5.23. The van der Waals surface area contributed by atoms with E-state index in [-0.39, 0.29) is 0 Å². The van der Waals surface area contributed by atoms with E-state index in [1.807, 2.05) is 0 Å². The van der Waals surface area contributed by atoms with Crippen LogP contribution in [-0.4, -0.2) is 65.7 Å². The third kappa shape index (κ3) is 4.28. The van der Waals surface area contributed by atoms with Crippen LogP contribution in [0.25, 0.3) is 0 Å². The fraction of sp³-hybridized carbons (Fsp3) is 0.917. The molecular weight excluding hydrogens is 619 g/mol. The molecule has 0 aliphatic carbocycles. The average molecular weight is 619 g/mol. The maximum Gasteiger partial charge on any atom is 0.460 e. The first-order chi connectivity index (χ1) is 15.4. The zero-order valence-corrected chi connectivity index (χ0v) is 15.4. The fourth-order valence-corrected chi connectivity index (χ4v) is 1.81. The van der Waals surface area contributed by atoms with Crippen LogP contribution in [0.4, 0.5) is 110 Å². The van der Waals surface area contributed by atoms with Crippen molar-refractivity contribution in [2.75, 3.05) is 0 Å². The van der Waals surface area contributed by atoms with Gasteiger partial charge in [-0.1, -0.05) is 0 Å². The Kier molecular flexibility index (Phi) is 7.98. The van der Waals surface area contributed by atoms with Gasteiger partial charge in [-0.15, -0.1) is 0 Å². The number of hydrogen-bond acceptors (Lipinski definition) is 0. The molecule has 223 valence electrons. The van der Waals surface area contributed by atoms with E-state index in [0.29, 0.717) is 0 Å². The second kappa shape index (κ2) is 8.37. The van der Waals surface area contributed by atoms with Crippen LogP contribution in [0, 0.1) is 6.17 Å². The molecule has 0 saturated carbocycles. The summed E-state index contributed by atoms with van der Waals surface area (Å²) in [6.07, 6.45) is -22.6. The van der Waals surface area contributed by atoms with Crippen molar-refractivity contribution in [1.29, 1.82) is 0 Å². The molecule has 0 heterocycles. The van der Waals surface area contributed by atoms with E-state index < -0.39 is 71.8 Å². The van der Waals surface area contributed by atoms with Gasteiger partial charge in [-0.05, 0) is 0 Å². The molecule has 0 aliphatic heterocycles. The molecule has 0 rings (SSSR count). The summed E-state index contributed by atoms with van der Waals surface area (Å²) in [5, 5.41) is 0. The first kappa shape index (κ1) is 35.2. The minimum Gasteiger partial charge on any atom is -0.226 e. The Hall–Kier alpha value is -1.75. The molecule has 0 aromatic carbocycles. The molecule has 0 unspecified atom stereocenters. The summed E-state index contributed by atoms with van der Waals surface area (Å²) in [5.41, 5.74) is 0. The van der Waals surface area contributed by atoms with Crippen molar-refractivity contribution in [3.63, 3.8) is 0 Å². The highest BCUT2D eigenvalue weighted by atomic mass is 19.4. The van der Waals surface area contributed by atoms with E-state index in [2.05, 4.69) is 0 Å². The highest BCUT2D eigenvalue weighted by Crippen LogP contribution is 2.66. The molecule has 0 fully saturated rings. The second-order valence-corrected chi connectivity index (χ2v) is 6.48. The topological polar surface area (TPSA) is 0 Å². The summed E-state index contributed by atoms with van der Waals surface area (Å²) in [4.78, 5) is 0. The Morgan fingerprint density at radius 1 is 0.243 bits per heavy atom. The summed E-state index contributed by atoms with van der Waals surface area (Å²) in [7, 11) is 0. The second-order valence-electron chi connectivity index (χ2n) is 6.48. The first-order valence-electron chi connectivity index (χ1n) is 7.47. The van der Waals surface area contributed by atoms with E-state index >= 15 is 0 Å². The van der Waals surface area contributed by atoms with Crippen molar-refractivity contribution >= 4 is 0 Å². The minimum atomic E-state index is -9.32. The van der Waals surface area contributed by atoms with Crippen LogP contribution in [0.1, 0.15) is 0 Å². The Bertz CT molecular complexity index is 822. The van der Waals surface area contributed by atoms with Crippen molar-refractivity contribution in [3.05, 3.63) is 6.17 Å². The van der Waals surface area contributed by atoms with E-state index in [0.717, 1.165) is 0 Å². The molecular formula is C12F25. The molecule has 0 amide bonds. The summed E-state index contributed by atoms with van der Waals surface area (Å²) < 4.78 is 318. The number of alkyl halides is 24. The lowest BCUT2D eigenvalue weighted by Crippen LogP contribution is -2.74. The predicted molar refractivity (Wildman–Crippen MR) is 61.0 cm³/mol. The van der Waals surface area contributed by atoms with Gasteiger partial charge in [0.05, 0.1) is 0 Å². The largest absolute Gasteiger partial charge is 0.460 e. The van der Waals surface area contributed by atoms with Crippen molar-refractivity contribution in [2.45, 2.75) is 65.7 Å². The number of rotatable bonds is 9. The van der Waals surface area contributed by atoms with Gasteiger partial charge in [0.1, 0.15) is 0 Å². The Balaban J connectivity index is 7.04. The molecule has 0 aliphatic rings. The van der Waals surface area contributed by atoms with Crippen molar-refractivity contribution in [1.82, 2.24) is 0 Å². The van der Waals surface area contributed by atoms with Gasteiger partial charge >= 0.3 is 65.7 Å². The van der Waals surface area contributed by atoms with Crippen LogP contribution in [0.3, 0.4) is 0 Å². The Morgan fingerprint density at radius 3 is 0.649 bits per heavy atom. The molecule has 37 heavy (non-hydrogen) atoms. The smallest absolute Gasteiger partial charge is 0.226 e. The number of hydrogen-bond donors (Lipinski definition) is 0. The van der Waals surface area contributed by atoms with Gasteiger partial charge in [0.25, 0.3) is 6.17 Å². The highest BCUT2D eigenvalue weighted by Gasteiger charge is 2.96. The summed E-state index contributed by atoms with van der Waals surface area (Å²) in [6, 6.07) is 0. The molecule has 0 aromatic rings. The SMILES string of the molecule is F[C](C(F)(F)C(F)(F)C(F)(F)C(F)(F)F)C(F)(F)C(F)(F)C(F)(F)C(F)(F)C(F)(F)C(F)(F)C(F)(F)F. The zero-order valence-electron chi connectivity index (χ0n) is 15.4. The zero-order chi connectivity index (χ0) is 31.1. The van der Waals surface area contributed by atoms with Gasteiger partial charge in [-0.3, -0.25) is 0 Å². The summed E-state index contributed by atoms with van der Waals surface area (Å²) in [6.45, 7) is 0. The predicted octanol–water partition coefficient (Wildman–Crippen LogP) is 8.33. The third-order valence-corrected chi connectivity index (χ3v) is 4.02. The Morgan fingerprint density at radius 2 is 0.405 bits per heavy atom. The minimum absolute atomic E-state index is 6.49. The molecule has 1 radical (unpaired) electrons. The molecule has 0 aromatic heterocycles. The standard InChI is InChI=1S/C12F25/c13-1(3(16,17)5(20,21)9(28,29)11(32,33)34)2(14,15)4(18,19)6(22,23)7(24,25)8(26,27)10(30,31)12(35,36)37. The Labute approximate surface area is 183 Å². The van der Waals surface area contributed by atoms with Crippen LogP contribution in [0.15, 0.2) is 0 Å². The summed E-state index contributed by atoms with van der Waals surface area (Å²) in [5.74, 6) is -80.3. The molecule has 25 heteroatoms. The van der Waals surface area contributed by atoms with E-state index in [1.54, 1.807) is 0 Å². The van der Waals surface area contributed by atoms with Crippen LogP contribution < -0.4 is 0 Å². The van der Waals surface area contributed by atoms with Crippen LogP contribution in [0.5, 0.6) is 0 Å². The van der Waals surface area contributed by atoms with Gasteiger partial charge in [0.2, 0.25) is 0 Å². The van der Waals surface area contributed by atoms with Crippen molar-refractivity contribution in [2.24, 2.45) is 0 Å². The average Bonchev–Trinajstić information content (AvgIpc) is 2.64. The molecule has 0 bridgehead atoms. The van der Waals surface area contributed by atoms with Gasteiger partial charge < -0.3 is 0 Å². The van der Waals surface area contributed by atoms with Gasteiger partial charge in [-0.25, -0.2) is 4.39 Å². The molecule has 0 spiro atoms. The van der Waals surface area contributed by atoms with Gasteiger partial charge in [0, 0.05) is 0 Å². The lowest BCUT2D eigenvalue weighted by Gasteiger charge is -2.43. The van der Waals surface area contributed by atoms with Crippen LogP contribution >= 0.6 is 0 Å². The van der Waals surface area contributed by atoms with Crippen molar-refractivity contribution in [3.8, 4) is 0 Å². The van der Waals surface area contributed by atoms with Crippen LogP contribution in [0.2, 0.25) is 0 Å². The third-order valence-electron chi connectivity index (χ3n) is 4.02. The maximum absolute atomic E-state index is 13.3. The lowest BCUT2D eigenvalue weighted by atomic mass is 9.86. The lowest BCUT2D eigenvalue weighted by molar-refractivity contribution is -0.456. The monoisotopic (exact) mass is 619 g/mol. The van der Waals surface area contributed by atoms with Crippen LogP contribution in [-0.2, 0) is 0 Å². The molecule has 0 nitrogen and oxygen atoms in total. The fourth-order valence-electron chi connectivity index (χ4n) is 1.81. The van der Waals surface area contributed by atoms with E-state index in [4.69, 9.17) is 0 Å². The molecule has 0 N–H and O–H groups in total. The molecule has 0 atom stereocenters. The summed E-state index contributed by atoms with van der Waals surface area (Å²) >= 11 is 0. The maximum atomic E-state index is 13.3. The number of halogens is 25. The normalized spacial score (nSPS) is 17.0. The van der Waals surface area contributed by atoms with E-state index in [9.17, 15) is 110 Å².